The first-order valence-electron chi connectivity index (χ1n) is 7.09. The molecule has 4 heteroatoms. The van der Waals surface area contributed by atoms with Crippen LogP contribution in [0.4, 0.5) is 0 Å². The molecule has 0 bridgehead atoms. The van der Waals surface area contributed by atoms with Crippen molar-refractivity contribution in [1.29, 1.82) is 0 Å². The average Bonchev–Trinajstić information content (AvgIpc) is 2.81. The van der Waals surface area contributed by atoms with Gasteiger partial charge in [-0.25, -0.2) is 4.79 Å². The third-order valence-electron chi connectivity index (χ3n) is 3.96. The number of ether oxygens (including phenoxy) is 1. The fourth-order valence-corrected chi connectivity index (χ4v) is 3.66. The third-order valence-corrected chi connectivity index (χ3v) is 4.65. The molecule has 0 aliphatic heterocycles. The van der Waals surface area contributed by atoms with E-state index in [1.807, 2.05) is 37.1 Å². The summed E-state index contributed by atoms with van der Waals surface area (Å²) in [6.45, 7) is 1.97. The van der Waals surface area contributed by atoms with Gasteiger partial charge in [-0.3, -0.25) is 4.79 Å². The number of carbonyl (C=O) groups excluding carboxylic acids is 2. The molecule has 3 nitrogen and oxygen atoms in total. The molecule has 114 valence electrons. The molecule has 2 aromatic carbocycles. The lowest BCUT2D eigenvalue weighted by atomic mass is 9.92. The van der Waals surface area contributed by atoms with E-state index in [0.717, 1.165) is 15.6 Å². The van der Waals surface area contributed by atoms with Gasteiger partial charge >= 0.3 is 5.97 Å². The molecule has 1 aliphatic rings. The molecule has 0 saturated carbocycles. The number of aryl methyl sites for hydroxylation is 1. The van der Waals surface area contributed by atoms with Crippen molar-refractivity contribution in [2.45, 2.75) is 18.9 Å². The van der Waals surface area contributed by atoms with Gasteiger partial charge in [0.2, 0.25) is 0 Å². The SMILES string of the molecule is C#CC(=O)OC1c2ccccc2C(=O)C1c1ccc(C)cc1Br. The van der Waals surface area contributed by atoms with Gasteiger partial charge in [-0.1, -0.05) is 52.3 Å². The van der Waals surface area contributed by atoms with Crippen LogP contribution in [0.1, 0.15) is 39.1 Å². The van der Waals surface area contributed by atoms with E-state index in [1.54, 1.807) is 18.2 Å². The Morgan fingerprint density at radius 2 is 1.96 bits per heavy atom. The number of esters is 1. The minimum absolute atomic E-state index is 0.0695. The Bertz CT molecular complexity index is 848. The van der Waals surface area contributed by atoms with Crippen molar-refractivity contribution in [3.8, 4) is 12.3 Å². The second kappa shape index (κ2) is 6.02. The molecule has 0 aromatic heterocycles. The van der Waals surface area contributed by atoms with Crippen LogP contribution in [0.5, 0.6) is 0 Å². The lowest BCUT2D eigenvalue weighted by molar-refractivity contribution is -0.142. The first-order chi connectivity index (χ1) is 11.0. The molecule has 1 aliphatic carbocycles. The topological polar surface area (TPSA) is 43.4 Å². The summed E-state index contributed by atoms with van der Waals surface area (Å²) in [5.41, 5.74) is 3.12. The molecule has 23 heavy (non-hydrogen) atoms. The number of Topliss-reactive ketones (excluding diaryl/α,β-unsaturated/α-hetero) is 1. The lowest BCUT2D eigenvalue weighted by Gasteiger charge is -2.20. The van der Waals surface area contributed by atoms with Gasteiger partial charge in [0.1, 0.15) is 6.10 Å². The number of benzene rings is 2. The smallest absolute Gasteiger partial charge is 0.384 e. The molecular weight excluding hydrogens is 356 g/mol. The quantitative estimate of drug-likeness (QED) is 0.457. The Labute approximate surface area is 142 Å². The Kier molecular flexibility index (Phi) is 4.06. The minimum atomic E-state index is -0.771. The van der Waals surface area contributed by atoms with Crippen molar-refractivity contribution >= 4 is 27.7 Å². The predicted molar refractivity (Wildman–Crippen MR) is 90.1 cm³/mol. The van der Waals surface area contributed by atoms with E-state index in [4.69, 9.17) is 11.2 Å². The van der Waals surface area contributed by atoms with E-state index in [9.17, 15) is 9.59 Å². The highest BCUT2D eigenvalue weighted by molar-refractivity contribution is 9.10. The molecule has 0 fully saturated rings. The number of ketones is 1. The first kappa shape index (κ1) is 15.5. The molecule has 0 spiro atoms. The van der Waals surface area contributed by atoms with Crippen LogP contribution in [-0.4, -0.2) is 11.8 Å². The molecule has 2 unspecified atom stereocenters. The zero-order valence-corrected chi connectivity index (χ0v) is 14.0. The van der Waals surface area contributed by atoms with Gasteiger partial charge in [-0.2, -0.15) is 0 Å². The second-order valence-electron chi connectivity index (χ2n) is 5.42. The molecule has 0 amide bonds. The monoisotopic (exact) mass is 368 g/mol. The van der Waals surface area contributed by atoms with Gasteiger partial charge in [-0.15, -0.1) is 6.42 Å². The highest BCUT2D eigenvalue weighted by Crippen LogP contribution is 2.46. The molecular formula is C19H13BrO3. The standard InChI is InChI=1S/C19H13BrO3/c1-3-16(21)23-19-13-7-5-4-6-12(13)18(22)17(19)14-9-8-11(2)10-15(14)20/h1,4-10,17,19H,2H3. The largest absolute Gasteiger partial charge is 0.447 e. The summed E-state index contributed by atoms with van der Waals surface area (Å²) >= 11 is 3.51. The number of hydrogen-bond acceptors (Lipinski definition) is 3. The highest BCUT2D eigenvalue weighted by Gasteiger charge is 2.43. The van der Waals surface area contributed by atoms with Crippen molar-refractivity contribution in [3.63, 3.8) is 0 Å². The maximum absolute atomic E-state index is 12.9. The molecule has 0 N–H and O–H groups in total. The van der Waals surface area contributed by atoms with Gasteiger partial charge in [0.25, 0.3) is 0 Å². The summed E-state index contributed by atoms with van der Waals surface area (Å²) in [6.07, 6.45) is 4.41. The van der Waals surface area contributed by atoms with Gasteiger partial charge in [-0.05, 0) is 24.1 Å². The Morgan fingerprint density at radius 3 is 2.65 bits per heavy atom. The minimum Gasteiger partial charge on any atom is -0.447 e. The van der Waals surface area contributed by atoms with Crippen LogP contribution in [0.2, 0.25) is 0 Å². The van der Waals surface area contributed by atoms with Crippen molar-refractivity contribution < 1.29 is 14.3 Å². The number of fused-ring (bicyclic) bond motifs is 1. The lowest BCUT2D eigenvalue weighted by Crippen LogP contribution is -2.17. The average molecular weight is 369 g/mol. The van der Waals surface area contributed by atoms with E-state index in [2.05, 4.69) is 15.9 Å². The van der Waals surface area contributed by atoms with Gasteiger partial charge in [0.05, 0.1) is 5.92 Å². The van der Waals surface area contributed by atoms with Gasteiger partial charge < -0.3 is 4.74 Å². The maximum Gasteiger partial charge on any atom is 0.384 e. The summed E-state index contributed by atoms with van der Waals surface area (Å²) < 4.78 is 6.20. The molecule has 2 atom stereocenters. The van der Waals surface area contributed by atoms with E-state index in [-0.39, 0.29) is 5.78 Å². The van der Waals surface area contributed by atoms with E-state index in [0.29, 0.717) is 11.1 Å². The number of terminal acetylenes is 1. The van der Waals surface area contributed by atoms with Crippen molar-refractivity contribution in [3.05, 3.63) is 69.2 Å². The number of carbonyl (C=O) groups is 2. The molecule has 0 radical (unpaired) electrons. The predicted octanol–water partition coefficient (Wildman–Crippen LogP) is 3.96. The first-order valence-corrected chi connectivity index (χ1v) is 7.88. The van der Waals surface area contributed by atoms with Crippen molar-refractivity contribution in [1.82, 2.24) is 0 Å². The normalized spacial score (nSPS) is 19.1. The second-order valence-corrected chi connectivity index (χ2v) is 6.28. The molecule has 3 rings (SSSR count). The fourth-order valence-electron chi connectivity index (χ4n) is 2.92. The maximum atomic E-state index is 12.9. The van der Waals surface area contributed by atoms with Crippen LogP contribution in [-0.2, 0) is 9.53 Å². The summed E-state index contributed by atoms with van der Waals surface area (Å²) in [4.78, 5) is 24.5. The fraction of sp³-hybridized carbons (Fsp3) is 0.158. The van der Waals surface area contributed by atoms with Gasteiger partial charge in [0.15, 0.2) is 5.78 Å². The molecule has 0 saturated heterocycles. The van der Waals surface area contributed by atoms with Crippen LogP contribution >= 0.6 is 15.9 Å². The van der Waals surface area contributed by atoms with Crippen LogP contribution in [0.3, 0.4) is 0 Å². The van der Waals surface area contributed by atoms with Crippen molar-refractivity contribution in [2.75, 3.05) is 0 Å². The van der Waals surface area contributed by atoms with E-state index < -0.39 is 18.0 Å². The summed E-state index contributed by atoms with van der Waals surface area (Å²) in [7, 11) is 0. The number of halogens is 1. The Morgan fingerprint density at radius 1 is 1.22 bits per heavy atom. The number of rotatable bonds is 2. The Balaban J connectivity index is 2.12. The zero-order valence-electron chi connectivity index (χ0n) is 12.4. The van der Waals surface area contributed by atoms with Crippen LogP contribution in [0.25, 0.3) is 0 Å². The zero-order chi connectivity index (χ0) is 16.6. The van der Waals surface area contributed by atoms with Crippen molar-refractivity contribution in [2.24, 2.45) is 0 Å². The van der Waals surface area contributed by atoms with E-state index >= 15 is 0 Å². The summed E-state index contributed by atoms with van der Waals surface area (Å²) in [5.74, 6) is 0.511. The van der Waals surface area contributed by atoms with Crippen LogP contribution < -0.4 is 0 Å². The van der Waals surface area contributed by atoms with Gasteiger partial charge in [0, 0.05) is 21.5 Å². The van der Waals surface area contributed by atoms with E-state index in [1.165, 1.54) is 0 Å². The summed E-state index contributed by atoms with van der Waals surface area (Å²) in [5, 5.41) is 0. The van der Waals surface area contributed by atoms with Crippen LogP contribution in [0.15, 0.2) is 46.9 Å². The molecule has 2 aromatic rings. The Hall–Kier alpha value is -2.38. The van der Waals surface area contributed by atoms with Crippen LogP contribution in [0, 0.1) is 19.3 Å². The summed E-state index contributed by atoms with van der Waals surface area (Å²) in [6, 6.07) is 12.9. The molecule has 0 heterocycles. The number of hydrogen-bond donors (Lipinski definition) is 0. The third kappa shape index (κ3) is 2.69. The highest BCUT2D eigenvalue weighted by atomic mass is 79.9.